The monoisotopic (exact) mass is 313 g/mol. The lowest BCUT2D eigenvalue weighted by Gasteiger charge is -2.04. The average molecular weight is 313 g/mol. The van der Waals surface area contributed by atoms with E-state index in [1.165, 1.54) is 11.3 Å². The van der Waals surface area contributed by atoms with Gasteiger partial charge >= 0.3 is 0 Å². The highest BCUT2D eigenvalue weighted by Crippen LogP contribution is 2.25. The lowest BCUT2D eigenvalue weighted by atomic mass is 10.1. The first-order valence-electron chi connectivity index (χ1n) is 6.83. The lowest BCUT2D eigenvalue weighted by Crippen LogP contribution is -2.23. The van der Waals surface area contributed by atoms with E-state index in [4.69, 9.17) is 10.3 Å². The fraction of sp³-hybridized carbons (Fsp3) is 0.125. The van der Waals surface area contributed by atoms with Crippen molar-refractivity contribution in [2.45, 2.75) is 13.1 Å². The molecule has 0 aliphatic carbocycles. The zero-order valence-electron chi connectivity index (χ0n) is 11.8. The highest BCUT2D eigenvalue weighted by Gasteiger charge is 2.13. The van der Waals surface area contributed by atoms with Crippen molar-refractivity contribution in [3.8, 4) is 10.6 Å². The smallest absolute Gasteiger partial charge is 0.273 e. The van der Waals surface area contributed by atoms with E-state index in [1.54, 1.807) is 6.07 Å². The van der Waals surface area contributed by atoms with E-state index in [2.05, 4.69) is 10.5 Å². The predicted octanol–water partition coefficient (Wildman–Crippen LogP) is 2.79. The van der Waals surface area contributed by atoms with Gasteiger partial charge in [-0.1, -0.05) is 35.5 Å². The van der Waals surface area contributed by atoms with Crippen LogP contribution in [0.2, 0.25) is 0 Å². The number of carbonyl (C=O) groups excluding carboxylic acids is 1. The largest absolute Gasteiger partial charge is 0.355 e. The van der Waals surface area contributed by atoms with Crippen molar-refractivity contribution < 1.29 is 9.32 Å². The molecule has 3 aromatic rings. The Labute approximate surface area is 131 Å². The van der Waals surface area contributed by atoms with E-state index in [9.17, 15) is 4.79 Å². The van der Waals surface area contributed by atoms with Crippen LogP contribution in [0.15, 0.2) is 52.4 Å². The Morgan fingerprint density at radius 2 is 2.00 bits per heavy atom. The minimum atomic E-state index is -0.255. The number of nitrogens with zero attached hydrogens (tertiary/aromatic N) is 1. The molecule has 3 N–H and O–H groups in total. The van der Waals surface area contributed by atoms with E-state index >= 15 is 0 Å². The molecule has 6 heteroatoms. The fourth-order valence-electron chi connectivity index (χ4n) is 1.98. The molecular weight excluding hydrogens is 298 g/mol. The van der Waals surface area contributed by atoms with Crippen LogP contribution in [0.3, 0.4) is 0 Å². The number of hydrogen-bond acceptors (Lipinski definition) is 5. The topological polar surface area (TPSA) is 81.1 Å². The van der Waals surface area contributed by atoms with Crippen molar-refractivity contribution in [3.63, 3.8) is 0 Å². The Morgan fingerprint density at radius 1 is 1.23 bits per heavy atom. The van der Waals surface area contributed by atoms with Gasteiger partial charge in [-0.3, -0.25) is 4.79 Å². The summed E-state index contributed by atoms with van der Waals surface area (Å²) in [5.41, 5.74) is 7.90. The molecule has 0 aliphatic heterocycles. The third-order valence-corrected chi connectivity index (χ3v) is 4.10. The summed E-state index contributed by atoms with van der Waals surface area (Å²) >= 11 is 1.54. The van der Waals surface area contributed by atoms with Gasteiger partial charge in [0.1, 0.15) is 0 Å². The van der Waals surface area contributed by atoms with Crippen LogP contribution in [0.1, 0.15) is 21.6 Å². The minimum absolute atomic E-state index is 0.255. The zero-order chi connectivity index (χ0) is 15.4. The number of benzene rings is 1. The maximum Gasteiger partial charge on any atom is 0.273 e. The second-order valence-corrected chi connectivity index (χ2v) is 5.70. The van der Waals surface area contributed by atoms with Crippen LogP contribution in [-0.4, -0.2) is 11.1 Å². The molecule has 0 spiro atoms. The van der Waals surface area contributed by atoms with Gasteiger partial charge in [0, 0.05) is 19.2 Å². The van der Waals surface area contributed by atoms with Crippen LogP contribution in [0, 0.1) is 0 Å². The summed E-state index contributed by atoms with van der Waals surface area (Å²) in [4.78, 5) is 13.0. The molecule has 0 unspecified atom stereocenters. The molecule has 0 atom stereocenters. The first-order chi connectivity index (χ1) is 10.8. The van der Waals surface area contributed by atoms with Gasteiger partial charge in [0.25, 0.3) is 5.91 Å². The summed E-state index contributed by atoms with van der Waals surface area (Å²) in [6, 6.07) is 13.3. The summed E-state index contributed by atoms with van der Waals surface area (Å²) in [5.74, 6) is 0.349. The van der Waals surface area contributed by atoms with Crippen molar-refractivity contribution in [3.05, 3.63) is 64.7 Å². The Morgan fingerprint density at radius 3 is 2.68 bits per heavy atom. The third-order valence-electron chi connectivity index (χ3n) is 3.22. The van der Waals surface area contributed by atoms with Gasteiger partial charge in [0.2, 0.25) is 0 Å². The van der Waals surface area contributed by atoms with Crippen molar-refractivity contribution in [2.24, 2.45) is 5.73 Å². The molecule has 1 amide bonds. The van der Waals surface area contributed by atoms with Crippen molar-refractivity contribution in [1.29, 1.82) is 0 Å². The first kappa shape index (κ1) is 14.5. The molecule has 112 valence electrons. The normalized spacial score (nSPS) is 10.6. The van der Waals surface area contributed by atoms with Crippen LogP contribution in [0.4, 0.5) is 0 Å². The van der Waals surface area contributed by atoms with Crippen LogP contribution in [-0.2, 0) is 13.1 Å². The lowest BCUT2D eigenvalue weighted by molar-refractivity contribution is 0.0942. The molecule has 0 saturated carbocycles. The quantitative estimate of drug-likeness (QED) is 0.759. The maximum atomic E-state index is 12.1. The van der Waals surface area contributed by atoms with Gasteiger partial charge < -0.3 is 15.6 Å². The minimum Gasteiger partial charge on any atom is -0.355 e. The molecule has 22 heavy (non-hydrogen) atoms. The number of rotatable bonds is 5. The number of aromatic nitrogens is 1. The number of thiophene rings is 1. The van der Waals surface area contributed by atoms with Gasteiger partial charge in [-0.25, -0.2) is 0 Å². The highest BCUT2D eigenvalue weighted by atomic mass is 32.1. The summed E-state index contributed by atoms with van der Waals surface area (Å²) in [6.45, 7) is 0.946. The van der Waals surface area contributed by atoms with Gasteiger partial charge in [-0.15, -0.1) is 11.3 Å². The number of carbonyl (C=O) groups is 1. The van der Waals surface area contributed by atoms with Gasteiger partial charge in [-0.2, -0.15) is 0 Å². The molecule has 2 heterocycles. The number of nitrogens with two attached hydrogens (primary N) is 1. The molecule has 1 aromatic carbocycles. The summed E-state index contributed by atoms with van der Waals surface area (Å²) in [6.07, 6.45) is 0. The van der Waals surface area contributed by atoms with Gasteiger partial charge in [0.15, 0.2) is 11.5 Å². The number of hydrogen-bond donors (Lipinski definition) is 2. The summed E-state index contributed by atoms with van der Waals surface area (Å²) < 4.78 is 5.20. The Balaban J connectivity index is 1.62. The molecule has 3 rings (SSSR count). The Bertz CT molecular complexity index is 748. The first-order valence-corrected chi connectivity index (χ1v) is 7.71. The fourth-order valence-corrected chi connectivity index (χ4v) is 2.66. The molecule has 5 nitrogen and oxygen atoms in total. The molecule has 0 aliphatic rings. The standard InChI is InChI=1S/C16H15N3O2S/c17-9-11-3-5-12(6-4-11)10-18-16(20)13-8-14(21-19-13)15-2-1-7-22-15/h1-8H,9-10,17H2,(H,18,20). The van der Waals surface area contributed by atoms with E-state index < -0.39 is 0 Å². The average Bonchev–Trinajstić information content (AvgIpc) is 3.23. The van der Waals surface area contributed by atoms with Crippen LogP contribution < -0.4 is 11.1 Å². The second-order valence-electron chi connectivity index (χ2n) is 4.76. The number of nitrogens with one attached hydrogen (secondary N) is 1. The van der Waals surface area contributed by atoms with Gasteiger partial charge in [0.05, 0.1) is 4.88 Å². The molecule has 0 fully saturated rings. The van der Waals surface area contributed by atoms with E-state index in [0.29, 0.717) is 18.8 Å². The van der Waals surface area contributed by atoms with E-state index in [-0.39, 0.29) is 11.6 Å². The number of amides is 1. The van der Waals surface area contributed by atoms with Crippen molar-refractivity contribution in [1.82, 2.24) is 10.5 Å². The molecular formula is C16H15N3O2S. The highest BCUT2D eigenvalue weighted by molar-refractivity contribution is 7.13. The van der Waals surface area contributed by atoms with Gasteiger partial charge in [-0.05, 0) is 22.6 Å². The zero-order valence-corrected chi connectivity index (χ0v) is 12.6. The van der Waals surface area contributed by atoms with E-state index in [0.717, 1.165) is 16.0 Å². The second kappa shape index (κ2) is 6.55. The van der Waals surface area contributed by atoms with Crippen LogP contribution in [0.25, 0.3) is 10.6 Å². The molecule has 0 radical (unpaired) electrons. The van der Waals surface area contributed by atoms with E-state index in [1.807, 2.05) is 41.8 Å². The molecule has 2 aromatic heterocycles. The summed E-state index contributed by atoms with van der Waals surface area (Å²) in [5, 5.41) is 8.58. The van der Waals surface area contributed by atoms with Crippen molar-refractivity contribution in [2.75, 3.05) is 0 Å². The van der Waals surface area contributed by atoms with Crippen LogP contribution >= 0.6 is 11.3 Å². The Hall–Kier alpha value is -2.44. The molecule has 0 saturated heterocycles. The van der Waals surface area contributed by atoms with Crippen LogP contribution in [0.5, 0.6) is 0 Å². The van der Waals surface area contributed by atoms with Crippen molar-refractivity contribution >= 4 is 17.2 Å². The predicted molar refractivity (Wildman–Crippen MR) is 85.3 cm³/mol. The third kappa shape index (κ3) is 3.24. The maximum absolute atomic E-state index is 12.1. The Kier molecular flexibility index (Phi) is 4.32. The summed E-state index contributed by atoms with van der Waals surface area (Å²) in [7, 11) is 0. The molecule has 0 bridgehead atoms. The SMILES string of the molecule is NCc1ccc(CNC(=O)c2cc(-c3cccs3)on2)cc1.